The number of hydrogen-bond donors (Lipinski definition) is 0. The standard InChI is InChI=1S/C16H22BrClN2O/c1-11(2)20-8-6-13(7-9-20)19(3)16(21)12-4-5-14(17)15(18)10-12/h4-5,10-11,13H,6-9H2,1-3H3. The lowest BCUT2D eigenvalue weighted by atomic mass is 10.0. The second-order valence-electron chi connectivity index (χ2n) is 5.91. The van der Waals surface area contributed by atoms with Crippen molar-refractivity contribution in [1.29, 1.82) is 0 Å². The van der Waals surface area contributed by atoms with Crippen molar-refractivity contribution in [2.75, 3.05) is 20.1 Å². The molecule has 1 aromatic rings. The van der Waals surface area contributed by atoms with Crippen LogP contribution >= 0.6 is 27.5 Å². The van der Waals surface area contributed by atoms with E-state index in [-0.39, 0.29) is 5.91 Å². The molecule has 0 radical (unpaired) electrons. The van der Waals surface area contributed by atoms with Crippen molar-refractivity contribution >= 4 is 33.4 Å². The fourth-order valence-corrected chi connectivity index (χ4v) is 3.22. The van der Waals surface area contributed by atoms with Gasteiger partial charge in [0.15, 0.2) is 0 Å². The number of rotatable bonds is 3. The van der Waals surface area contributed by atoms with Gasteiger partial charge in [0.2, 0.25) is 0 Å². The molecule has 1 aromatic carbocycles. The van der Waals surface area contributed by atoms with Gasteiger partial charge in [-0.15, -0.1) is 0 Å². The van der Waals surface area contributed by atoms with Gasteiger partial charge in [0, 0.05) is 42.3 Å². The number of halogens is 2. The zero-order valence-electron chi connectivity index (χ0n) is 12.8. The molecule has 0 saturated carbocycles. The zero-order valence-corrected chi connectivity index (χ0v) is 15.1. The number of piperidine rings is 1. The van der Waals surface area contributed by atoms with Gasteiger partial charge in [-0.05, 0) is 60.8 Å². The molecule has 1 aliphatic rings. The van der Waals surface area contributed by atoms with Crippen LogP contribution in [-0.2, 0) is 0 Å². The third kappa shape index (κ3) is 3.99. The number of likely N-dealkylation sites (tertiary alicyclic amines) is 1. The second kappa shape index (κ2) is 7.12. The first-order chi connectivity index (χ1) is 9.90. The van der Waals surface area contributed by atoms with Crippen molar-refractivity contribution in [3.63, 3.8) is 0 Å². The number of carbonyl (C=O) groups is 1. The van der Waals surface area contributed by atoms with Crippen molar-refractivity contribution in [3.05, 3.63) is 33.3 Å². The Labute approximate surface area is 140 Å². The van der Waals surface area contributed by atoms with Crippen LogP contribution in [0.4, 0.5) is 0 Å². The summed E-state index contributed by atoms with van der Waals surface area (Å²) >= 11 is 9.43. The maximum Gasteiger partial charge on any atom is 0.253 e. The smallest absolute Gasteiger partial charge is 0.253 e. The minimum atomic E-state index is 0.0485. The van der Waals surface area contributed by atoms with Crippen LogP contribution < -0.4 is 0 Å². The van der Waals surface area contributed by atoms with Gasteiger partial charge in [-0.1, -0.05) is 11.6 Å². The van der Waals surface area contributed by atoms with Crippen molar-refractivity contribution < 1.29 is 4.79 Å². The highest BCUT2D eigenvalue weighted by Gasteiger charge is 2.26. The van der Waals surface area contributed by atoms with Crippen LogP contribution in [0.1, 0.15) is 37.0 Å². The molecule has 0 aliphatic carbocycles. The molecule has 1 amide bonds. The van der Waals surface area contributed by atoms with E-state index in [1.165, 1.54) is 0 Å². The first-order valence-corrected chi connectivity index (χ1v) is 8.53. The molecular weight excluding hydrogens is 352 g/mol. The summed E-state index contributed by atoms with van der Waals surface area (Å²) in [6.07, 6.45) is 2.06. The summed E-state index contributed by atoms with van der Waals surface area (Å²) in [6, 6.07) is 6.27. The van der Waals surface area contributed by atoms with E-state index in [4.69, 9.17) is 11.6 Å². The molecule has 5 heteroatoms. The van der Waals surface area contributed by atoms with Crippen LogP contribution in [0, 0.1) is 0 Å². The summed E-state index contributed by atoms with van der Waals surface area (Å²) in [4.78, 5) is 16.9. The van der Waals surface area contributed by atoms with Gasteiger partial charge >= 0.3 is 0 Å². The Morgan fingerprint density at radius 2 is 2.00 bits per heavy atom. The van der Waals surface area contributed by atoms with Gasteiger partial charge in [-0.2, -0.15) is 0 Å². The highest BCUT2D eigenvalue weighted by Crippen LogP contribution is 2.25. The minimum Gasteiger partial charge on any atom is -0.339 e. The Balaban J connectivity index is 2.01. The maximum absolute atomic E-state index is 12.6. The first-order valence-electron chi connectivity index (χ1n) is 7.36. The molecule has 0 atom stereocenters. The summed E-state index contributed by atoms with van der Waals surface area (Å²) in [5.41, 5.74) is 0.650. The lowest BCUT2D eigenvalue weighted by molar-refractivity contribution is 0.0615. The summed E-state index contributed by atoms with van der Waals surface area (Å²) in [5.74, 6) is 0.0485. The molecule has 0 spiro atoms. The Hall–Kier alpha value is -0.580. The molecule has 21 heavy (non-hydrogen) atoms. The molecule has 0 N–H and O–H groups in total. The fourth-order valence-electron chi connectivity index (χ4n) is 2.79. The second-order valence-corrected chi connectivity index (χ2v) is 7.17. The quantitative estimate of drug-likeness (QED) is 0.798. The molecule has 1 fully saturated rings. The highest BCUT2D eigenvalue weighted by molar-refractivity contribution is 9.10. The third-order valence-corrected chi connectivity index (χ3v) is 5.50. The van der Waals surface area contributed by atoms with Gasteiger partial charge in [0.25, 0.3) is 5.91 Å². The number of benzene rings is 1. The van der Waals surface area contributed by atoms with Crippen molar-refractivity contribution in [2.45, 2.75) is 38.8 Å². The van der Waals surface area contributed by atoms with Crippen LogP contribution in [0.2, 0.25) is 5.02 Å². The summed E-state index contributed by atoms with van der Waals surface area (Å²) in [7, 11) is 1.90. The number of amides is 1. The lowest BCUT2D eigenvalue weighted by Gasteiger charge is -2.38. The van der Waals surface area contributed by atoms with E-state index in [1.54, 1.807) is 6.07 Å². The van der Waals surface area contributed by atoms with Gasteiger partial charge in [-0.25, -0.2) is 0 Å². The van der Waals surface area contributed by atoms with Gasteiger partial charge in [0.05, 0.1) is 5.02 Å². The van der Waals surface area contributed by atoms with E-state index in [0.717, 1.165) is 30.4 Å². The largest absolute Gasteiger partial charge is 0.339 e. The maximum atomic E-state index is 12.6. The van der Waals surface area contributed by atoms with E-state index in [1.807, 2.05) is 24.1 Å². The summed E-state index contributed by atoms with van der Waals surface area (Å²) in [5, 5.41) is 0.573. The normalized spacial score (nSPS) is 17.2. The highest BCUT2D eigenvalue weighted by atomic mass is 79.9. The van der Waals surface area contributed by atoms with Crippen molar-refractivity contribution in [1.82, 2.24) is 9.80 Å². The van der Waals surface area contributed by atoms with Crippen molar-refractivity contribution in [2.24, 2.45) is 0 Å². The molecule has 0 unspecified atom stereocenters. The predicted molar refractivity (Wildman–Crippen MR) is 91.0 cm³/mol. The molecule has 116 valence electrons. The summed E-state index contributed by atoms with van der Waals surface area (Å²) < 4.78 is 0.814. The average Bonchev–Trinajstić information content (AvgIpc) is 2.48. The van der Waals surface area contributed by atoms with E-state index in [9.17, 15) is 4.79 Å². The van der Waals surface area contributed by atoms with E-state index < -0.39 is 0 Å². The number of nitrogens with zero attached hydrogens (tertiary/aromatic N) is 2. The van der Waals surface area contributed by atoms with Gasteiger partial charge in [0.1, 0.15) is 0 Å². The molecule has 0 bridgehead atoms. The molecule has 2 rings (SSSR count). The molecule has 0 aromatic heterocycles. The van der Waals surface area contributed by atoms with E-state index in [2.05, 4.69) is 34.7 Å². The summed E-state index contributed by atoms with van der Waals surface area (Å²) in [6.45, 7) is 6.56. The van der Waals surface area contributed by atoms with E-state index >= 15 is 0 Å². The Morgan fingerprint density at radius 1 is 1.38 bits per heavy atom. The monoisotopic (exact) mass is 372 g/mol. The molecule has 1 heterocycles. The Morgan fingerprint density at radius 3 is 2.52 bits per heavy atom. The van der Waals surface area contributed by atoms with Gasteiger partial charge < -0.3 is 9.80 Å². The van der Waals surface area contributed by atoms with E-state index in [0.29, 0.717) is 22.7 Å². The van der Waals surface area contributed by atoms with Gasteiger partial charge in [-0.3, -0.25) is 4.79 Å². The molecule has 1 saturated heterocycles. The fraction of sp³-hybridized carbons (Fsp3) is 0.562. The zero-order chi connectivity index (χ0) is 15.6. The number of hydrogen-bond acceptors (Lipinski definition) is 2. The van der Waals surface area contributed by atoms with Crippen LogP contribution in [-0.4, -0.2) is 47.9 Å². The van der Waals surface area contributed by atoms with Crippen LogP contribution in [0.15, 0.2) is 22.7 Å². The van der Waals surface area contributed by atoms with Crippen LogP contribution in [0.25, 0.3) is 0 Å². The van der Waals surface area contributed by atoms with Crippen LogP contribution in [0.5, 0.6) is 0 Å². The lowest BCUT2D eigenvalue weighted by Crippen LogP contribution is -2.47. The van der Waals surface area contributed by atoms with Crippen LogP contribution in [0.3, 0.4) is 0 Å². The minimum absolute atomic E-state index is 0.0485. The first kappa shape index (κ1) is 16.8. The Bertz CT molecular complexity index is 513. The molecule has 3 nitrogen and oxygen atoms in total. The van der Waals surface area contributed by atoms with Crippen molar-refractivity contribution in [3.8, 4) is 0 Å². The number of carbonyl (C=O) groups excluding carboxylic acids is 1. The topological polar surface area (TPSA) is 23.6 Å². The SMILES string of the molecule is CC(C)N1CCC(N(C)C(=O)c2ccc(Br)c(Cl)c2)CC1. The Kier molecular flexibility index (Phi) is 5.69. The third-order valence-electron chi connectivity index (χ3n) is 4.26. The average molecular weight is 374 g/mol. The molecular formula is C16H22BrClN2O. The predicted octanol–water partition coefficient (Wildman–Crippen LogP) is 4.05. The molecule has 1 aliphatic heterocycles.